The number of carbonyl (C=O) groups is 2. The van der Waals surface area contributed by atoms with Crippen molar-refractivity contribution in [2.24, 2.45) is 5.16 Å². The van der Waals surface area contributed by atoms with Crippen LogP contribution in [0, 0.1) is 0 Å². The van der Waals surface area contributed by atoms with Crippen molar-refractivity contribution in [3.8, 4) is 17.1 Å². The highest BCUT2D eigenvalue weighted by atomic mass is 16.5. The van der Waals surface area contributed by atoms with Crippen molar-refractivity contribution in [1.82, 2.24) is 24.4 Å². The minimum absolute atomic E-state index is 0.0131. The lowest BCUT2D eigenvalue weighted by Gasteiger charge is -2.14. The Bertz CT molecular complexity index is 1670. The monoisotopic (exact) mass is 524 g/mol. The van der Waals surface area contributed by atoms with Crippen LogP contribution in [0.5, 0.6) is 6.01 Å². The molecule has 0 saturated heterocycles. The summed E-state index contributed by atoms with van der Waals surface area (Å²) in [6.45, 7) is 2.56. The number of fused-ring (bicyclic) bond motifs is 1. The van der Waals surface area contributed by atoms with E-state index in [1.165, 1.54) is 23.3 Å². The van der Waals surface area contributed by atoms with Gasteiger partial charge in [-0.25, -0.2) is 14.6 Å². The number of aromatic nitrogens is 4. The number of aromatic carboxylic acids is 1. The van der Waals surface area contributed by atoms with Crippen molar-refractivity contribution in [1.29, 1.82) is 0 Å². The van der Waals surface area contributed by atoms with Crippen LogP contribution >= 0.6 is 0 Å². The number of carboxylic acid groups (broad SMARTS) is 1. The molecule has 3 N–H and O–H groups in total. The van der Waals surface area contributed by atoms with Gasteiger partial charge in [0.05, 0.1) is 29.7 Å². The van der Waals surface area contributed by atoms with E-state index in [2.05, 4.69) is 20.4 Å². The van der Waals surface area contributed by atoms with Crippen molar-refractivity contribution >= 4 is 28.9 Å². The fourth-order valence-corrected chi connectivity index (χ4v) is 4.33. The molecule has 1 amide bonds. The first-order valence-electron chi connectivity index (χ1n) is 12.1. The zero-order valence-corrected chi connectivity index (χ0v) is 20.9. The van der Waals surface area contributed by atoms with Gasteiger partial charge in [0.1, 0.15) is 6.33 Å². The molecule has 0 fully saturated rings. The van der Waals surface area contributed by atoms with E-state index in [0.717, 1.165) is 16.7 Å². The maximum atomic E-state index is 12.5. The number of benzene rings is 3. The Morgan fingerprint density at radius 2 is 1.79 bits per heavy atom. The van der Waals surface area contributed by atoms with Crippen LogP contribution in [0.15, 0.2) is 90.6 Å². The van der Waals surface area contributed by atoms with Crippen molar-refractivity contribution in [2.45, 2.75) is 13.5 Å². The molecule has 39 heavy (non-hydrogen) atoms. The van der Waals surface area contributed by atoms with Crippen LogP contribution in [0.1, 0.15) is 28.4 Å². The van der Waals surface area contributed by atoms with Crippen LogP contribution in [0.3, 0.4) is 0 Å². The topological polar surface area (TPSA) is 144 Å². The number of imidazole rings is 2. The Morgan fingerprint density at radius 3 is 2.49 bits per heavy atom. The first-order chi connectivity index (χ1) is 19.0. The molecule has 0 spiro atoms. The number of nitrogens with one attached hydrogen (secondary N) is 1. The molecule has 0 bridgehead atoms. The van der Waals surface area contributed by atoms with Crippen molar-refractivity contribution in [2.75, 3.05) is 6.61 Å². The van der Waals surface area contributed by atoms with Gasteiger partial charge in [0, 0.05) is 18.0 Å². The summed E-state index contributed by atoms with van der Waals surface area (Å²) in [5, 5.41) is 25.3. The van der Waals surface area contributed by atoms with E-state index in [-0.39, 0.29) is 11.4 Å². The first-order valence-corrected chi connectivity index (χ1v) is 12.1. The second kappa shape index (κ2) is 10.9. The number of amides is 1. The average Bonchev–Trinajstić information content (AvgIpc) is 3.61. The van der Waals surface area contributed by atoms with Gasteiger partial charge in [-0.15, -0.1) is 0 Å². The summed E-state index contributed by atoms with van der Waals surface area (Å²) < 4.78 is 8.70. The summed E-state index contributed by atoms with van der Waals surface area (Å²) in [7, 11) is 0. The van der Waals surface area contributed by atoms with Gasteiger partial charge >= 0.3 is 12.0 Å². The molecule has 0 atom stereocenters. The van der Waals surface area contributed by atoms with E-state index in [0.29, 0.717) is 35.8 Å². The lowest BCUT2D eigenvalue weighted by molar-refractivity contribution is 0.0698. The summed E-state index contributed by atoms with van der Waals surface area (Å²) in [4.78, 5) is 32.7. The Balaban J connectivity index is 1.46. The molecule has 2 heterocycles. The standard InChI is InChI=1S/C28H24N6O5/c1-2-39-28-30-23-9-5-8-22(26(35)36)24(23)34(28)16-18-10-12-19(13-11-18)20-6-3-4-7-21(20)25(32-38)31-27(37)33-15-14-29-17-33/h3-15,17,38H,2,16H2,1H3,(H,35,36)(H,31,32,37). The third-order valence-corrected chi connectivity index (χ3v) is 6.09. The molecular formula is C28H24N6O5. The number of amidine groups is 1. The quantitative estimate of drug-likeness (QED) is 0.124. The molecule has 0 radical (unpaired) electrons. The van der Waals surface area contributed by atoms with Crippen LogP contribution < -0.4 is 10.1 Å². The number of hydrogen-bond acceptors (Lipinski definition) is 7. The van der Waals surface area contributed by atoms with Gasteiger partial charge in [-0.1, -0.05) is 59.8 Å². The molecule has 196 valence electrons. The molecule has 5 rings (SSSR count). The highest BCUT2D eigenvalue weighted by Crippen LogP contribution is 2.28. The minimum Gasteiger partial charge on any atom is -0.478 e. The Labute approximate surface area is 222 Å². The van der Waals surface area contributed by atoms with E-state index >= 15 is 0 Å². The number of nitrogens with zero attached hydrogens (tertiary/aromatic N) is 5. The summed E-state index contributed by atoms with van der Waals surface area (Å²) in [6, 6.07) is 19.6. The predicted molar refractivity (Wildman–Crippen MR) is 143 cm³/mol. The predicted octanol–water partition coefficient (Wildman–Crippen LogP) is 4.44. The molecule has 5 aromatic rings. The zero-order valence-electron chi connectivity index (χ0n) is 20.9. The lowest BCUT2D eigenvalue weighted by Crippen LogP contribution is -2.34. The SMILES string of the molecule is CCOc1nc2cccc(C(=O)O)c2n1Cc1ccc(-c2ccccc2/C(=N/O)NC(=O)n2ccnc2)cc1. The number of ether oxygens (including phenoxy) is 1. The van der Waals surface area contributed by atoms with Crippen molar-refractivity contribution in [3.05, 3.63) is 102 Å². The first kappa shape index (κ1) is 25.2. The van der Waals surface area contributed by atoms with Gasteiger partial charge in [-0.2, -0.15) is 4.98 Å². The number of oxime groups is 1. The molecule has 0 aliphatic carbocycles. The average molecular weight is 525 g/mol. The molecule has 11 nitrogen and oxygen atoms in total. The van der Waals surface area contributed by atoms with E-state index in [4.69, 9.17) is 4.74 Å². The number of rotatable bonds is 7. The van der Waals surface area contributed by atoms with Crippen LogP contribution in [0.25, 0.3) is 22.2 Å². The lowest BCUT2D eigenvalue weighted by atomic mass is 9.98. The number of para-hydroxylation sites is 1. The van der Waals surface area contributed by atoms with Crippen LogP contribution in [0.2, 0.25) is 0 Å². The minimum atomic E-state index is -1.04. The highest BCUT2D eigenvalue weighted by molar-refractivity contribution is 6.11. The van der Waals surface area contributed by atoms with E-state index in [1.54, 1.807) is 34.9 Å². The van der Waals surface area contributed by atoms with Crippen LogP contribution in [-0.2, 0) is 6.54 Å². The molecule has 0 saturated carbocycles. The smallest absolute Gasteiger partial charge is 0.337 e. The Morgan fingerprint density at radius 1 is 1.03 bits per heavy atom. The van der Waals surface area contributed by atoms with Gasteiger partial charge in [0.25, 0.3) is 6.01 Å². The van der Waals surface area contributed by atoms with Gasteiger partial charge in [-0.05, 0) is 35.7 Å². The summed E-state index contributed by atoms with van der Waals surface area (Å²) in [6.07, 6.45) is 4.29. The molecule has 3 aromatic carbocycles. The zero-order chi connectivity index (χ0) is 27.4. The number of carbonyl (C=O) groups excluding carboxylic acids is 1. The fraction of sp³-hybridized carbons (Fsp3) is 0.107. The molecule has 2 aromatic heterocycles. The van der Waals surface area contributed by atoms with E-state index < -0.39 is 12.0 Å². The molecular weight excluding hydrogens is 500 g/mol. The third kappa shape index (κ3) is 5.05. The Hall–Kier alpha value is -5.45. The molecule has 0 unspecified atom stereocenters. The summed E-state index contributed by atoms with van der Waals surface area (Å²) >= 11 is 0. The van der Waals surface area contributed by atoms with Gasteiger partial charge < -0.3 is 15.1 Å². The van der Waals surface area contributed by atoms with Crippen LogP contribution in [-0.4, -0.2) is 53.9 Å². The normalized spacial score (nSPS) is 11.5. The van der Waals surface area contributed by atoms with Gasteiger partial charge in [0.15, 0.2) is 5.84 Å². The molecule has 0 aliphatic rings. The van der Waals surface area contributed by atoms with Gasteiger partial charge in [-0.3, -0.25) is 14.5 Å². The fourth-order valence-electron chi connectivity index (χ4n) is 4.33. The maximum Gasteiger partial charge on any atom is 0.337 e. The number of carboxylic acids is 1. The number of hydrogen-bond donors (Lipinski definition) is 3. The highest BCUT2D eigenvalue weighted by Gasteiger charge is 2.19. The molecule has 11 heteroatoms. The maximum absolute atomic E-state index is 12.5. The van der Waals surface area contributed by atoms with E-state index in [1.807, 2.05) is 43.3 Å². The van der Waals surface area contributed by atoms with Gasteiger partial charge in [0.2, 0.25) is 0 Å². The second-order valence-electron chi connectivity index (χ2n) is 8.48. The van der Waals surface area contributed by atoms with Crippen molar-refractivity contribution in [3.63, 3.8) is 0 Å². The molecule has 0 aliphatic heterocycles. The van der Waals surface area contributed by atoms with Crippen LogP contribution in [0.4, 0.5) is 4.79 Å². The largest absolute Gasteiger partial charge is 0.478 e. The second-order valence-corrected chi connectivity index (χ2v) is 8.48. The third-order valence-electron chi connectivity index (χ3n) is 6.09. The summed E-state index contributed by atoms with van der Waals surface area (Å²) in [5.41, 5.74) is 4.13. The van der Waals surface area contributed by atoms with Crippen molar-refractivity contribution < 1.29 is 24.6 Å². The summed E-state index contributed by atoms with van der Waals surface area (Å²) in [5.74, 6) is -1.06. The Kier molecular flexibility index (Phi) is 7.04. The van der Waals surface area contributed by atoms with E-state index in [9.17, 15) is 19.9 Å².